The Morgan fingerprint density at radius 3 is 2.55 bits per heavy atom. The van der Waals surface area contributed by atoms with Gasteiger partial charge in [-0.15, -0.1) is 0 Å². The number of hydrogen-bond donors (Lipinski definition) is 1. The summed E-state index contributed by atoms with van der Waals surface area (Å²) in [7, 11) is 0. The molecule has 0 aliphatic carbocycles. The Balaban J connectivity index is 1.33. The van der Waals surface area contributed by atoms with Crippen LogP contribution < -0.4 is 0 Å². The summed E-state index contributed by atoms with van der Waals surface area (Å²) in [5, 5.41) is 19.5. The van der Waals surface area contributed by atoms with Crippen LogP contribution >= 0.6 is 23.2 Å². The zero-order chi connectivity index (χ0) is 29.9. The Hall–Kier alpha value is -4.29. The molecule has 1 unspecified atom stereocenters. The fourth-order valence-corrected chi connectivity index (χ4v) is 5.86. The third-order valence-corrected chi connectivity index (χ3v) is 8.65. The third kappa shape index (κ3) is 4.60. The van der Waals surface area contributed by atoms with Crippen LogP contribution in [0, 0.1) is 6.92 Å². The normalized spacial score (nSPS) is 18.9. The lowest BCUT2D eigenvalue weighted by molar-refractivity contribution is -0.142. The molecule has 12 nitrogen and oxygen atoms in total. The highest BCUT2D eigenvalue weighted by molar-refractivity contribution is 6.42. The van der Waals surface area contributed by atoms with Crippen LogP contribution in [-0.2, 0) is 17.8 Å². The zero-order valence-corrected chi connectivity index (χ0v) is 24.4. The summed E-state index contributed by atoms with van der Waals surface area (Å²) in [4.78, 5) is 51.8. The summed E-state index contributed by atoms with van der Waals surface area (Å²) in [6, 6.07) is 6.39. The molecule has 4 aromatic rings. The largest absolute Gasteiger partial charge is 0.480 e. The van der Waals surface area contributed by atoms with Crippen LogP contribution in [-0.4, -0.2) is 74.8 Å². The standard InChI is InChI=1S/C28H26Cl2N8O4/c1-14-8-23-19(11-35(14)26(39)17-4-6-20(29)21(30)9-17)25-27(40)36(12-24(28(41)42)38(25)34-23)15(2)22-7-5-18(10-31-22)37-16(3)32-13-33-37/h4-7,9-10,13-15,24H,8,11-12H2,1-3H3,(H,41,42)/t14-,15?,24+/m1/s1. The Labute approximate surface area is 250 Å². The van der Waals surface area contributed by atoms with Crippen molar-refractivity contribution >= 4 is 41.0 Å². The van der Waals surface area contributed by atoms with Gasteiger partial charge in [0.25, 0.3) is 11.8 Å². The molecule has 6 rings (SSSR count). The first kappa shape index (κ1) is 27.9. The second-order valence-electron chi connectivity index (χ2n) is 10.5. The number of amides is 2. The lowest BCUT2D eigenvalue weighted by Crippen LogP contribution is -2.48. The van der Waals surface area contributed by atoms with Gasteiger partial charge in [0.2, 0.25) is 0 Å². The number of aromatic nitrogens is 6. The van der Waals surface area contributed by atoms with Gasteiger partial charge < -0.3 is 14.9 Å². The van der Waals surface area contributed by atoms with Crippen LogP contribution in [0.15, 0.2) is 42.9 Å². The number of carbonyl (C=O) groups excluding carboxylic acids is 2. The first-order valence-electron chi connectivity index (χ1n) is 13.3. The number of halogens is 2. The molecule has 2 amide bonds. The summed E-state index contributed by atoms with van der Waals surface area (Å²) in [5.74, 6) is -1.06. The minimum absolute atomic E-state index is 0.0873. The van der Waals surface area contributed by atoms with Gasteiger partial charge in [0.1, 0.15) is 17.8 Å². The van der Waals surface area contributed by atoms with Crippen molar-refractivity contribution in [2.24, 2.45) is 0 Å². The van der Waals surface area contributed by atoms with Crippen LogP contribution in [0.5, 0.6) is 0 Å². The maximum atomic E-state index is 14.0. The van der Waals surface area contributed by atoms with E-state index in [4.69, 9.17) is 23.2 Å². The number of carboxylic acids is 1. The van der Waals surface area contributed by atoms with E-state index in [1.807, 2.05) is 19.9 Å². The SMILES string of the molecule is Cc1ncnn1-c1ccc(C(C)N2C[C@@H](C(=O)O)n3nc4c(c3C2=O)CN(C(=O)c2ccc(Cl)c(Cl)c2)[C@H](C)C4)nc1. The zero-order valence-electron chi connectivity index (χ0n) is 22.9. The van der Waals surface area contributed by atoms with Crippen LogP contribution in [0.3, 0.4) is 0 Å². The van der Waals surface area contributed by atoms with E-state index in [1.54, 1.807) is 40.9 Å². The Morgan fingerprint density at radius 2 is 1.90 bits per heavy atom. The lowest BCUT2D eigenvalue weighted by Gasteiger charge is -2.37. The quantitative estimate of drug-likeness (QED) is 0.360. The van der Waals surface area contributed by atoms with Gasteiger partial charge in [-0.2, -0.15) is 10.2 Å². The molecule has 42 heavy (non-hydrogen) atoms. The predicted molar refractivity (Wildman–Crippen MR) is 152 cm³/mol. The monoisotopic (exact) mass is 608 g/mol. The molecule has 0 radical (unpaired) electrons. The average molecular weight is 609 g/mol. The number of hydrogen-bond acceptors (Lipinski definition) is 7. The predicted octanol–water partition coefficient (Wildman–Crippen LogP) is 3.90. The molecule has 0 bridgehead atoms. The van der Waals surface area contributed by atoms with E-state index < -0.39 is 18.1 Å². The van der Waals surface area contributed by atoms with Gasteiger partial charge in [-0.25, -0.2) is 19.1 Å². The van der Waals surface area contributed by atoms with Gasteiger partial charge in [0.15, 0.2) is 6.04 Å². The van der Waals surface area contributed by atoms with Crippen molar-refractivity contribution in [2.45, 2.75) is 51.9 Å². The van der Waals surface area contributed by atoms with E-state index in [0.717, 1.165) is 0 Å². The minimum atomic E-state index is -1.11. The highest BCUT2D eigenvalue weighted by Gasteiger charge is 2.44. The van der Waals surface area contributed by atoms with E-state index in [-0.39, 0.29) is 41.7 Å². The van der Waals surface area contributed by atoms with Gasteiger partial charge >= 0.3 is 5.97 Å². The molecule has 5 heterocycles. The first-order valence-corrected chi connectivity index (χ1v) is 14.0. The van der Waals surface area contributed by atoms with Gasteiger partial charge in [-0.05, 0) is 51.1 Å². The molecule has 1 aromatic carbocycles. The van der Waals surface area contributed by atoms with Crippen molar-refractivity contribution in [2.75, 3.05) is 6.54 Å². The second-order valence-corrected chi connectivity index (χ2v) is 11.3. The van der Waals surface area contributed by atoms with E-state index in [1.165, 1.54) is 22.0 Å². The number of aliphatic carboxylic acids is 1. The summed E-state index contributed by atoms with van der Waals surface area (Å²) in [5.41, 5.74) is 2.98. The number of carboxylic acid groups (broad SMARTS) is 1. The molecule has 3 atom stereocenters. The van der Waals surface area contributed by atoms with E-state index in [0.29, 0.717) is 45.5 Å². The molecule has 0 spiro atoms. The van der Waals surface area contributed by atoms with Crippen molar-refractivity contribution in [3.63, 3.8) is 0 Å². The van der Waals surface area contributed by atoms with Crippen LogP contribution in [0.4, 0.5) is 0 Å². The van der Waals surface area contributed by atoms with E-state index >= 15 is 0 Å². The maximum absolute atomic E-state index is 14.0. The van der Waals surface area contributed by atoms with Gasteiger partial charge in [0, 0.05) is 23.6 Å². The molecule has 0 fully saturated rings. The summed E-state index contributed by atoms with van der Waals surface area (Å²) < 4.78 is 2.95. The molecule has 3 aromatic heterocycles. The Morgan fingerprint density at radius 1 is 1.12 bits per heavy atom. The average Bonchev–Trinajstić information content (AvgIpc) is 3.56. The minimum Gasteiger partial charge on any atom is -0.480 e. The summed E-state index contributed by atoms with van der Waals surface area (Å²) >= 11 is 12.2. The van der Waals surface area contributed by atoms with Crippen molar-refractivity contribution in [1.29, 1.82) is 0 Å². The van der Waals surface area contributed by atoms with Crippen molar-refractivity contribution in [3.8, 4) is 5.69 Å². The van der Waals surface area contributed by atoms with Crippen molar-refractivity contribution < 1.29 is 19.5 Å². The second kappa shape index (κ2) is 10.5. The molecule has 1 N–H and O–H groups in total. The number of nitrogens with zero attached hydrogens (tertiary/aromatic N) is 8. The Bertz CT molecular complexity index is 1730. The fourth-order valence-electron chi connectivity index (χ4n) is 5.56. The molecule has 0 saturated heterocycles. The van der Waals surface area contributed by atoms with Crippen LogP contribution in [0.25, 0.3) is 5.69 Å². The molecular weight excluding hydrogens is 583 g/mol. The van der Waals surface area contributed by atoms with E-state index in [9.17, 15) is 19.5 Å². The third-order valence-electron chi connectivity index (χ3n) is 7.91. The fraction of sp³-hybridized carbons (Fsp3) is 0.321. The van der Waals surface area contributed by atoms with Gasteiger partial charge in [-0.1, -0.05) is 23.2 Å². The van der Waals surface area contributed by atoms with Crippen LogP contribution in [0.1, 0.15) is 69.6 Å². The lowest BCUT2D eigenvalue weighted by atomic mass is 9.96. The number of fused-ring (bicyclic) bond motifs is 3. The molecule has 2 aliphatic heterocycles. The Kier molecular flexibility index (Phi) is 6.98. The highest BCUT2D eigenvalue weighted by Crippen LogP contribution is 2.35. The molecular formula is C28H26Cl2N8O4. The number of aryl methyl sites for hydroxylation is 1. The smallest absolute Gasteiger partial charge is 0.330 e. The van der Waals surface area contributed by atoms with Gasteiger partial charge in [-0.3, -0.25) is 14.6 Å². The number of carbonyl (C=O) groups is 3. The number of rotatable bonds is 5. The number of benzene rings is 1. The topological polar surface area (TPSA) is 139 Å². The first-order chi connectivity index (χ1) is 20.0. The van der Waals surface area contributed by atoms with Crippen LogP contribution in [0.2, 0.25) is 10.0 Å². The van der Waals surface area contributed by atoms with Crippen molar-refractivity contribution in [3.05, 3.63) is 86.9 Å². The summed E-state index contributed by atoms with van der Waals surface area (Å²) in [6.45, 7) is 5.52. The van der Waals surface area contributed by atoms with Gasteiger partial charge in [0.05, 0.1) is 52.4 Å². The van der Waals surface area contributed by atoms with Crippen molar-refractivity contribution in [1.82, 2.24) is 39.3 Å². The van der Waals surface area contributed by atoms with E-state index in [2.05, 4.69) is 20.2 Å². The molecule has 2 aliphatic rings. The molecule has 14 heteroatoms. The summed E-state index contributed by atoms with van der Waals surface area (Å²) in [6.07, 6.45) is 3.45. The highest BCUT2D eigenvalue weighted by atomic mass is 35.5. The number of pyridine rings is 1. The molecule has 0 saturated carbocycles. The molecule has 216 valence electrons. The maximum Gasteiger partial charge on any atom is 0.330 e.